The first-order chi connectivity index (χ1) is 10.5. The fourth-order valence-corrected chi connectivity index (χ4v) is 3.20. The Morgan fingerprint density at radius 3 is 2.64 bits per heavy atom. The monoisotopic (exact) mass is 318 g/mol. The number of imidazole rings is 1. The van der Waals surface area contributed by atoms with E-state index in [-0.39, 0.29) is 10.9 Å². The summed E-state index contributed by atoms with van der Waals surface area (Å²) >= 11 is 0. The van der Waals surface area contributed by atoms with Crippen molar-refractivity contribution in [2.75, 3.05) is 7.11 Å². The summed E-state index contributed by atoms with van der Waals surface area (Å²) in [5.74, 6) is 0.643. The Kier molecular flexibility index (Phi) is 3.50. The Balaban J connectivity index is 1.97. The van der Waals surface area contributed by atoms with Gasteiger partial charge < -0.3 is 13.9 Å². The molecule has 2 aromatic carbocycles. The van der Waals surface area contributed by atoms with Crippen LogP contribution < -0.4 is 8.92 Å². The standard InChI is InChI=1S/C15H14N2O4S/c1-10-5-3-4-6-14(10)22(18,19)21-15-16-12-8-7-11(20-2)9-13(12)17-15/h3-9H,1-2H3,(H,16,17). The molecule has 1 aromatic heterocycles. The van der Waals surface area contributed by atoms with E-state index in [2.05, 4.69) is 9.97 Å². The predicted octanol–water partition coefficient (Wildman–Crippen LogP) is 2.65. The fourth-order valence-electron chi connectivity index (χ4n) is 2.12. The van der Waals surface area contributed by atoms with Gasteiger partial charge in [0.25, 0.3) is 0 Å². The smallest absolute Gasteiger partial charge is 0.342 e. The first kappa shape index (κ1) is 14.4. The first-order valence-corrected chi connectivity index (χ1v) is 7.94. The van der Waals surface area contributed by atoms with Crippen molar-refractivity contribution in [3.63, 3.8) is 0 Å². The van der Waals surface area contributed by atoms with Crippen LogP contribution >= 0.6 is 0 Å². The summed E-state index contributed by atoms with van der Waals surface area (Å²) in [5, 5.41) is 0. The zero-order valence-electron chi connectivity index (χ0n) is 12.0. The van der Waals surface area contributed by atoms with Gasteiger partial charge in [-0.15, -0.1) is 0 Å². The molecule has 0 radical (unpaired) electrons. The molecule has 0 saturated heterocycles. The van der Waals surface area contributed by atoms with Gasteiger partial charge in [-0.2, -0.15) is 13.4 Å². The quantitative estimate of drug-likeness (QED) is 0.748. The third kappa shape index (κ3) is 2.62. The summed E-state index contributed by atoms with van der Waals surface area (Å²) in [4.78, 5) is 7.06. The molecule has 114 valence electrons. The molecule has 0 bridgehead atoms. The number of rotatable bonds is 4. The van der Waals surface area contributed by atoms with Crippen LogP contribution in [0.2, 0.25) is 0 Å². The van der Waals surface area contributed by atoms with Crippen LogP contribution in [-0.4, -0.2) is 25.5 Å². The summed E-state index contributed by atoms with van der Waals surface area (Å²) in [6.07, 6.45) is 0. The lowest BCUT2D eigenvalue weighted by Gasteiger charge is -2.06. The van der Waals surface area contributed by atoms with Gasteiger partial charge in [-0.1, -0.05) is 18.2 Å². The van der Waals surface area contributed by atoms with Crippen LogP contribution in [0.5, 0.6) is 11.8 Å². The first-order valence-electron chi connectivity index (χ1n) is 6.53. The second-order valence-electron chi connectivity index (χ2n) is 4.73. The minimum Gasteiger partial charge on any atom is -0.497 e. The highest BCUT2D eigenvalue weighted by Crippen LogP contribution is 2.24. The Bertz CT molecular complexity index is 932. The van der Waals surface area contributed by atoms with Gasteiger partial charge in [0.1, 0.15) is 10.6 Å². The predicted molar refractivity (Wildman–Crippen MR) is 81.6 cm³/mol. The van der Waals surface area contributed by atoms with Gasteiger partial charge in [-0.05, 0) is 30.7 Å². The van der Waals surface area contributed by atoms with Crippen molar-refractivity contribution < 1.29 is 17.3 Å². The molecule has 0 aliphatic carbocycles. The number of benzene rings is 2. The summed E-state index contributed by atoms with van der Waals surface area (Å²) in [6.45, 7) is 1.71. The molecule has 0 unspecified atom stereocenters. The molecule has 1 heterocycles. The number of hydrogen-bond acceptors (Lipinski definition) is 5. The number of nitrogens with zero attached hydrogens (tertiary/aromatic N) is 1. The van der Waals surface area contributed by atoms with Crippen molar-refractivity contribution in [1.29, 1.82) is 0 Å². The van der Waals surface area contributed by atoms with E-state index in [1.807, 2.05) is 0 Å². The van der Waals surface area contributed by atoms with Crippen molar-refractivity contribution in [1.82, 2.24) is 9.97 Å². The molecule has 7 heteroatoms. The highest BCUT2D eigenvalue weighted by Gasteiger charge is 2.20. The summed E-state index contributed by atoms with van der Waals surface area (Å²) in [5.41, 5.74) is 1.84. The number of aromatic nitrogens is 2. The number of H-pyrrole nitrogens is 1. The maximum Gasteiger partial charge on any atom is 0.342 e. The zero-order valence-corrected chi connectivity index (χ0v) is 12.8. The number of methoxy groups -OCH3 is 1. The van der Waals surface area contributed by atoms with Gasteiger partial charge in [-0.3, -0.25) is 0 Å². The third-order valence-electron chi connectivity index (χ3n) is 3.22. The molecule has 0 amide bonds. The van der Waals surface area contributed by atoms with E-state index < -0.39 is 10.1 Å². The highest BCUT2D eigenvalue weighted by molar-refractivity contribution is 7.87. The lowest BCUT2D eigenvalue weighted by atomic mass is 10.2. The van der Waals surface area contributed by atoms with Crippen molar-refractivity contribution >= 4 is 21.2 Å². The van der Waals surface area contributed by atoms with E-state index in [4.69, 9.17) is 8.92 Å². The zero-order chi connectivity index (χ0) is 15.7. The summed E-state index contributed by atoms with van der Waals surface area (Å²) in [6, 6.07) is 11.7. The molecule has 3 aromatic rings. The Hall–Kier alpha value is -2.54. The molecule has 1 N–H and O–H groups in total. The minimum absolute atomic E-state index is 0.0773. The largest absolute Gasteiger partial charge is 0.497 e. The number of nitrogens with one attached hydrogen (secondary N) is 1. The molecular weight excluding hydrogens is 304 g/mol. The molecule has 22 heavy (non-hydrogen) atoms. The van der Waals surface area contributed by atoms with Crippen molar-refractivity contribution in [3.8, 4) is 11.8 Å². The van der Waals surface area contributed by atoms with Crippen LogP contribution in [0.4, 0.5) is 0 Å². The van der Waals surface area contributed by atoms with Gasteiger partial charge in [0.05, 0.1) is 18.1 Å². The number of ether oxygens (including phenoxy) is 1. The second-order valence-corrected chi connectivity index (χ2v) is 6.24. The number of fused-ring (bicyclic) bond motifs is 1. The number of hydrogen-bond donors (Lipinski definition) is 1. The summed E-state index contributed by atoms with van der Waals surface area (Å²) in [7, 11) is -2.38. The maximum absolute atomic E-state index is 12.3. The molecule has 0 aliphatic heterocycles. The average Bonchev–Trinajstić information content (AvgIpc) is 2.87. The van der Waals surface area contributed by atoms with Crippen LogP contribution in [0, 0.1) is 6.92 Å². The Labute approximate surface area is 127 Å². The molecule has 0 saturated carbocycles. The minimum atomic E-state index is -3.93. The molecular formula is C15H14N2O4S. The Morgan fingerprint density at radius 1 is 1.14 bits per heavy atom. The fraction of sp³-hybridized carbons (Fsp3) is 0.133. The van der Waals surface area contributed by atoms with Crippen LogP contribution in [0.15, 0.2) is 47.4 Å². The molecule has 0 spiro atoms. The van der Waals surface area contributed by atoms with Gasteiger partial charge in [0, 0.05) is 6.07 Å². The van der Waals surface area contributed by atoms with E-state index in [1.54, 1.807) is 50.4 Å². The molecule has 3 rings (SSSR count). The second kappa shape index (κ2) is 5.34. The lowest BCUT2D eigenvalue weighted by Crippen LogP contribution is -2.11. The number of aromatic amines is 1. The van der Waals surface area contributed by atoms with Crippen LogP contribution in [0.25, 0.3) is 11.0 Å². The van der Waals surface area contributed by atoms with E-state index in [0.29, 0.717) is 22.3 Å². The van der Waals surface area contributed by atoms with Crippen molar-refractivity contribution in [3.05, 3.63) is 48.0 Å². The van der Waals surface area contributed by atoms with Gasteiger partial charge >= 0.3 is 16.1 Å². The van der Waals surface area contributed by atoms with E-state index in [1.165, 1.54) is 6.07 Å². The SMILES string of the molecule is COc1ccc2nc(OS(=O)(=O)c3ccccc3C)[nH]c2c1. The highest BCUT2D eigenvalue weighted by atomic mass is 32.2. The molecule has 6 nitrogen and oxygen atoms in total. The van der Waals surface area contributed by atoms with E-state index in [0.717, 1.165) is 0 Å². The van der Waals surface area contributed by atoms with Gasteiger partial charge in [0.15, 0.2) is 0 Å². The molecule has 0 atom stereocenters. The van der Waals surface area contributed by atoms with Crippen LogP contribution in [0.3, 0.4) is 0 Å². The topological polar surface area (TPSA) is 81.3 Å². The molecule has 0 aliphatic rings. The average molecular weight is 318 g/mol. The third-order valence-corrected chi connectivity index (χ3v) is 4.59. The van der Waals surface area contributed by atoms with Crippen LogP contribution in [-0.2, 0) is 10.1 Å². The Morgan fingerprint density at radius 2 is 1.91 bits per heavy atom. The summed E-state index contributed by atoms with van der Waals surface area (Å²) < 4.78 is 34.8. The normalized spacial score (nSPS) is 11.5. The molecule has 0 fully saturated rings. The van der Waals surface area contributed by atoms with E-state index in [9.17, 15) is 8.42 Å². The van der Waals surface area contributed by atoms with Gasteiger partial charge in [0.2, 0.25) is 0 Å². The lowest BCUT2D eigenvalue weighted by molar-refractivity contribution is 0.415. The van der Waals surface area contributed by atoms with Crippen molar-refractivity contribution in [2.45, 2.75) is 11.8 Å². The van der Waals surface area contributed by atoms with Gasteiger partial charge in [-0.25, -0.2) is 0 Å². The van der Waals surface area contributed by atoms with Crippen LogP contribution in [0.1, 0.15) is 5.56 Å². The number of aryl methyl sites for hydroxylation is 1. The maximum atomic E-state index is 12.3. The van der Waals surface area contributed by atoms with Crippen molar-refractivity contribution in [2.24, 2.45) is 0 Å². The van der Waals surface area contributed by atoms with E-state index >= 15 is 0 Å².